The van der Waals surface area contributed by atoms with E-state index >= 15 is 0 Å². The predicted molar refractivity (Wildman–Crippen MR) is 117 cm³/mol. The Morgan fingerprint density at radius 2 is 1.39 bits per heavy atom. The molecular weight excluding hydrogens is 390 g/mol. The number of ether oxygens (including phenoxy) is 1. The number of carboxylic acids is 1. The molecule has 0 heterocycles. The number of benzene rings is 3. The molecule has 0 aliphatic heterocycles. The minimum Gasteiger partial charge on any atom is -0.480 e. The highest BCUT2D eigenvalue weighted by atomic mass is 16.5. The van der Waals surface area contributed by atoms with E-state index in [4.69, 9.17) is 4.74 Å². The fourth-order valence-corrected chi connectivity index (χ4v) is 4.98. The third-order valence-corrected chi connectivity index (χ3v) is 6.44. The SMILES string of the molecule is O=C(N[C@H](C(=O)O)C1Cc2ccccc2C1)OCC1c2ccccc2-c2ccccc21. The molecule has 3 aromatic carbocycles. The highest BCUT2D eigenvalue weighted by Crippen LogP contribution is 2.44. The Morgan fingerprint density at radius 3 is 1.94 bits per heavy atom. The van der Waals surface area contributed by atoms with Crippen LogP contribution in [0, 0.1) is 5.92 Å². The zero-order chi connectivity index (χ0) is 21.4. The van der Waals surface area contributed by atoms with Crippen molar-refractivity contribution in [1.82, 2.24) is 5.32 Å². The normalized spacial score (nSPS) is 15.6. The predicted octanol–water partition coefficient (Wildman–Crippen LogP) is 4.39. The Kier molecular flexibility index (Phi) is 4.94. The Hall–Kier alpha value is -3.60. The van der Waals surface area contributed by atoms with Crippen LogP contribution in [0.15, 0.2) is 72.8 Å². The van der Waals surface area contributed by atoms with Gasteiger partial charge in [0.15, 0.2) is 0 Å². The maximum atomic E-state index is 12.6. The Bertz CT molecular complexity index is 1080. The number of fused-ring (bicyclic) bond motifs is 4. The molecule has 0 aromatic heterocycles. The Balaban J connectivity index is 1.27. The third-order valence-electron chi connectivity index (χ3n) is 6.44. The van der Waals surface area contributed by atoms with E-state index in [1.54, 1.807) is 0 Å². The number of carbonyl (C=O) groups excluding carboxylic acids is 1. The van der Waals surface area contributed by atoms with Crippen molar-refractivity contribution in [2.75, 3.05) is 6.61 Å². The van der Waals surface area contributed by atoms with E-state index in [1.165, 1.54) is 0 Å². The summed E-state index contributed by atoms with van der Waals surface area (Å²) < 4.78 is 5.54. The largest absolute Gasteiger partial charge is 0.480 e. The van der Waals surface area contributed by atoms with E-state index in [1.807, 2.05) is 48.5 Å². The molecule has 5 rings (SSSR count). The van der Waals surface area contributed by atoms with E-state index in [0.717, 1.165) is 33.4 Å². The van der Waals surface area contributed by atoms with Gasteiger partial charge in [-0.15, -0.1) is 0 Å². The lowest BCUT2D eigenvalue weighted by Crippen LogP contribution is -2.46. The van der Waals surface area contributed by atoms with Crippen molar-refractivity contribution in [2.45, 2.75) is 24.8 Å². The number of rotatable bonds is 5. The van der Waals surface area contributed by atoms with Crippen LogP contribution in [0.2, 0.25) is 0 Å². The minimum absolute atomic E-state index is 0.0582. The maximum Gasteiger partial charge on any atom is 0.407 e. The van der Waals surface area contributed by atoms with E-state index in [2.05, 4.69) is 29.6 Å². The first kappa shape index (κ1) is 19.4. The molecule has 0 saturated carbocycles. The molecule has 5 heteroatoms. The lowest BCUT2D eigenvalue weighted by molar-refractivity contribution is -0.140. The lowest BCUT2D eigenvalue weighted by Gasteiger charge is -2.21. The number of carbonyl (C=O) groups is 2. The van der Waals surface area contributed by atoms with Crippen LogP contribution >= 0.6 is 0 Å². The topological polar surface area (TPSA) is 75.6 Å². The summed E-state index contributed by atoms with van der Waals surface area (Å²) in [5.41, 5.74) is 6.84. The number of alkyl carbamates (subject to hydrolysis) is 1. The molecule has 31 heavy (non-hydrogen) atoms. The number of aliphatic carboxylic acids is 1. The van der Waals surface area contributed by atoms with Crippen molar-refractivity contribution in [3.63, 3.8) is 0 Å². The van der Waals surface area contributed by atoms with Crippen LogP contribution in [0.3, 0.4) is 0 Å². The van der Waals surface area contributed by atoms with Crippen molar-refractivity contribution >= 4 is 12.1 Å². The maximum absolute atomic E-state index is 12.6. The molecule has 0 bridgehead atoms. The van der Waals surface area contributed by atoms with Crippen LogP contribution in [-0.2, 0) is 22.4 Å². The molecule has 156 valence electrons. The molecule has 5 nitrogen and oxygen atoms in total. The van der Waals surface area contributed by atoms with Gasteiger partial charge in [0.25, 0.3) is 0 Å². The fraction of sp³-hybridized carbons (Fsp3) is 0.231. The van der Waals surface area contributed by atoms with Crippen molar-refractivity contribution in [1.29, 1.82) is 0 Å². The molecular formula is C26H23NO4. The summed E-state index contributed by atoms with van der Waals surface area (Å²) >= 11 is 0. The summed E-state index contributed by atoms with van der Waals surface area (Å²) in [6.07, 6.45) is 0.582. The average Bonchev–Trinajstić information content (AvgIpc) is 3.35. The fourth-order valence-electron chi connectivity index (χ4n) is 4.98. The summed E-state index contributed by atoms with van der Waals surface area (Å²) in [5, 5.41) is 12.3. The van der Waals surface area contributed by atoms with Crippen LogP contribution in [0.1, 0.15) is 28.2 Å². The van der Waals surface area contributed by atoms with Gasteiger partial charge < -0.3 is 15.2 Å². The summed E-state index contributed by atoms with van der Waals surface area (Å²) in [6, 6.07) is 23.2. The standard InChI is InChI=1S/C26H23NO4/c28-25(29)24(18-13-16-7-1-2-8-17(16)14-18)27-26(30)31-15-23-21-11-5-3-9-19(21)20-10-4-6-12-22(20)23/h1-12,18,23-24H,13-15H2,(H,27,30)(H,28,29)/t24-/m0/s1. The van der Waals surface area contributed by atoms with Gasteiger partial charge in [0.2, 0.25) is 0 Å². The number of hydrogen-bond acceptors (Lipinski definition) is 3. The van der Waals surface area contributed by atoms with Gasteiger partial charge >= 0.3 is 12.1 Å². The molecule has 1 amide bonds. The smallest absolute Gasteiger partial charge is 0.407 e. The first-order valence-electron chi connectivity index (χ1n) is 10.5. The second kappa shape index (κ2) is 7.91. The zero-order valence-corrected chi connectivity index (χ0v) is 17.0. The van der Waals surface area contributed by atoms with Gasteiger partial charge in [-0.3, -0.25) is 0 Å². The van der Waals surface area contributed by atoms with E-state index in [-0.39, 0.29) is 18.4 Å². The third kappa shape index (κ3) is 3.56. The Labute approximate surface area is 180 Å². The van der Waals surface area contributed by atoms with Gasteiger partial charge in [-0.2, -0.15) is 0 Å². The molecule has 0 spiro atoms. The van der Waals surface area contributed by atoms with Gasteiger partial charge in [0, 0.05) is 5.92 Å². The molecule has 0 radical (unpaired) electrons. The first-order valence-corrected chi connectivity index (χ1v) is 10.5. The summed E-state index contributed by atoms with van der Waals surface area (Å²) in [5.74, 6) is -1.28. The summed E-state index contributed by atoms with van der Waals surface area (Å²) in [6.45, 7) is 0.164. The highest BCUT2D eigenvalue weighted by molar-refractivity contribution is 5.81. The molecule has 2 aliphatic carbocycles. The van der Waals surface area contributed by atoms with E-state index in [0.29, 0.717) is 12.8 Å². The molecule has 2 aliphatic rings. The van der Waals surface area contributed by atoms with Gasteiger partial charge in [0.05, 0.1) is 0 Å². The molecule has 0 saturated heterocycles. The van der Waals surface area contributed by atoms with Gasteiger partial charge in [-0.05, 0) is 52.1 Å². The van der Waals surface area contributed by atoms with Gasteiger partial charge in [-0.1, -0.05) is 72.8 Å². The van der Waals surface area contributed by atoms with E-state index < -0.39 is 18.1 Å². The average molecular weight is 413 g/mol. The number of nitrogens with one attached hydrogen (secondary N) is 1. The van der Waals surface area contributed by atoms with Crippen molar-refractivity contribution in [3.8, 4) is 11.1 Å². The molecule has 1 atom stereocenters. The van der Waals surface area contributed by atoms with Crippen LogP contribution in [0.25, 0.3) is 11.1 Å². The Morgan fingerprint density at radius 1 is 0.871 bits per heavy atom. The lowest BCUT2D eigenvalue weighted by atomic mass is 9.96. The molecule has 0 fully saturated rings. The number of hydrogen-bond donors (Lipinski definition) is 2. The minimum atomic E-state index is -1.04. The van der Waals surface area contributed by atoms with Gasteiger partial charge in [-0.25, -0.2) is 9.59 Å². The van der Waals surface area contributed by atoms with Crippen LogP contribution in [0.5, 0.6) is 0 Å². The number of carboxylic acid groups (broad SMARTS) is 1. The molecule has 2 N–H and O–H groups in total. The second-order valence-corrected chi connectivity index (χ2v) is 8.22. The molecule has 3 aromatic rings. The zero-order valence-electron chi connectivity index (χ0n) is 17.0. The van der Waals surface area contributed by atoms with Gasteiger partial charge in [0.1, 0.15) is 12.6 Å². The quantitative estimate of drug-likeness (QED) is 0.650. The highest BCUT2D eigenvalue weighted by Gasteiger charge is 2.35. The second-order valence-electron chi connectivity index (χ2n) is 8.22. The molecule has 0 unspecified atom stereocenters. The first-order chi connectivity index (χ1) is 15.1. The van der Waals surface area contributed by atoms with Crippen LogP contribution < -0.4 is 5.32 Å². The van der Waals surface area contributed by atoms with Crippen molar-refractivity contribution in [2.24, 2.45) is 5.92 Å². The van der Waals surface area contributed by atoms with Crippen molar-refractivity contribution < 1.29 is 19.4 Å². The van der Waals surface area contributed by atoms with Crippen LogP contribution in [-0.4, -0.2) is 29.8 Å². The number of amides is 1. The van der Waals surface area contributed by atoms with Crippen molar-refractivity contribution in [3.05, 3.63) is 95.1 Å². The summed E-state index contributed by atoms with van der Waals surface area (Å²) in [4.78, 5) is 24.5. The monoisotopic (exact) mass is 413 g/mol. The van der Waals surface area contributed by atoms with E-state index in [9.17, 15) is 14.7 Å². The van der Waals surface area contributed by atoms with Crippen LogP contribution in [0.4, 0.5) is 4.79 Å². The summed E-state index contributed by atoms with van der Waals surface area (Å²) in [7, 11) is 0.